The van der Waals surface area contributed by atoms with Crippen molar-refractivity contribution in [3.05, 3.63) is 29.6 Å². The quantitative estimate of drug-likeness (QED) is 0.830. The molecule has 0 aliphatic heterocycles. The number of rotatable bonds is 4. The van der Waals surface area contributed by atoms with Crippen LogP contribution in [0.1, 0.15) is 5.56 Å². The number of methoxy groups -OCH3 is 1. The first kappa shape index (κ1) is 14.7. The highest BCUT2D eigenvalue weighted by Crippen LogP contribution is 2.17. The van der Waals surface area contributed by atoms with E-state index < -0.39 is 5.82 Å². The predicted octanol–water partition coefficient (Wildman–Crippen LogP) is 0.831. The van der Waals surface area contributed by atoms with E-state index in [1.165, 1.54) is 19.2 Å². The van der Waals surface area contributed by atoms with Gasteiger partial charge in [-0.05, 0) is 17.7 Å². The molecule has 16 heavy (non-hydrogen) atoms. The van der Waals surface area contributed by atoms with Crippen molar-refractivity contribution < 1.29 is 13.9 Å². The average molecular weight is 249 g/mol. The van der Waals surface area contributed by atoms with E-state index in [1.807, 2.05) is 0 Å². The van der Waals surface area contributed by atoms with Crippen molar-refractivity contribution in [3.63, 3.8) is 0 Å². The number of ether oxygens (including phenoxy) is 1. The molecule has 0 saturated heterocycles. The van der Waals surface area contributed by atoms with Crippen LogP contribution in [0.25, 0.3) is 0 Å². The summed E-state index contributed by atoms with van der Waals surface area (Å²) >= 11 is 0. The first-order chi connectivity index (χ1) is 7.17. The average Bonchev–Trinajstić information content (AvgIpc) is 2.26. The summed E-state index contributed by atoms with van der Waals surface area (Å²) < 4.78 is 18.0. The number of nitrogens with one attached hydrogen (secondary N) is 1. The van der Waals surface area contributed by atoms with Crippen LogP contribution in [0.4, 0.5) is 4.39 Å². The second-order valence-electron chi connectivity index (χ2n) is 2.95. The van der Waals surface area contributed by atoms with Gasteiger partial charge in [0.1, 0.15) is 0 Å². The molecule has 0 heterocycles. The van der Waals surface area contributed by atoms with Crippen LogP contribution in [0.2, 0.25) is 0 Å². The minimum atomic E-state index is -0.447. The molecule has 0 aromatic heterocycles. The first-order valence-corrected chi connectivity index (χ1v) is 4.46. The number of carbonyl (C=O) groups excluding carboxylic acids is 1. The molecule has 0 aliphatic carbocycles. The van der Waals surface area contributed by atoms with Gasteiger partial charge in [0.05, 0.1) is 13.7 Å². The van der Waals surface area contributed by atoms with Crippen LogP contribution >= 0.6 is 12.4 Å². The van der Waals surface area contributed by atoms with Crippen molar-refractivity contribution in [1.82, 2.24) is 5.32 Å². The molecule has 1 aromatic rings. The van der Waals surface area contributed by atoms with Gasteiger partial charge in [0.2, 0.25) is 5.91 Å². The van der Waals surface area contributed by atoms with Gasteiger partial charge in [0, 0.05) is 6.54 Å². The third-order valence-corrected chi connectivity index (χ3v) is 1.89. The molecule has 1 amide bonds. The molecule has 90 valence electrons. The largest absolute Gasteiger partial charge is 0.494 e. The van der Waals surface area contributed by atoms with Crippen LogP contribution < -0.4 is 15.8 Å². The first-order valence-electron chi connectivity index (χ1n) is 4.46. The summed E-state index contributed by atoms with van der Waals surface area (Å²) in [7, 11) is 1.40. The minimum absolute atomic E-state index is 0. The van der Waals surface area contributed by atoms with Gasteiger partial charge in [0.25, 0.3) is 0 Å². The summed E-state index contributed by atoms with van der Waals surface area (Å²) in [6, 6.07) is 4.51. The fourth-order valence-electron chi connectivity index (χ4n) is 1.09. The van der Waals surface area contributed by atoms with E-state index in [-0.39, 0.29) is 37.2 Å². The lowest BCUT2D eigenvalue weighted by Crippen LogP contribution is -2.29. The van der Waals surface area contributed by atoms with Gasteiger partial charge in [-0.2, -0.15) is 0 Å². The lowest BCUT2D eigenvalue weighted by molar-refractivity contribution is -0.119. The van der Waals surface area contributed by atoms with E-state index in [4.69, 9.17) is 10.5 Å². The molecule has 0 atom stereocenters. The summed E-state index contributed by atoms with van der Waals surface area (Å²) in [4.78, 5) is 10.8. The molecule has 6 heteroatoms. The van der Waals surface area contributed by atoms with Crippen LogP contribution in [0, 0.1) is 5.82 Å². The summed E-state index contributed by atoms with van der Waals surface area (Å²) in [5, 5.41) is 2.54. The second kappa shape index (κ2) is 7.03. The molecule has 3 N–H and O–H groups in total. The number of hydrogen-bond donors (Lipinski definition) is 2. The standard InChI is InChI=1S/C10H13FN2O2.ClH/c1-15-9-3-2-7(4-8(9)11)6-13-10(14)5-12;/h2-4H,5-6,12H2,1H3,(H,13,14);1H. The molecular weight excluding hydrogens is 235 g/mol. The predicted molar refractivity (Wildman–Crippen MR) is 61.1 cm³/mol. The fourth-order valence-corrected chi connectivity index (χ4v) is 1.09. The molecular formula is C10H14ClFN2O2. The van der Waals surface area contributed by atoms with E-state index in [0.717, 1.165) is 0 Å². The van der Waals surface area contributed by atoms with E-state index >= 15 is 0 Å². The molecule has 4 nitrogen and oxygen atoms in total. The van der Waals surface area contributed by atoms with Crippen molar-refractivity contribution in [1.29, 1.82) is 0 Å². The molecule has 0 unspecified atom stereocenters. The fraction of sp³-hybridized carbons (Fsp3) is 0.300. The maximum Gasteiger partial charge on any atom is 0.234 e. The summed E-state index contributed by atoms with van der Waals surface area (Å²) in [5.74, 6) is -0.535. The normalized spacial score (nSPS) is 9.19. The smallest absolute Gasteiger partial charge is 0.234 e. The van der Waals surface area contributed by atoms with Crippen molar-refractivity contribution in [2.45, 2.75) is 6.54 Å². The Bertz CT molecular complexity index is 361. The lowest BCUT2D eigenvalue weighted by Gasteiger charge is -2.06. The number of nitrogens with two attached hydrogens (primary N) is 1. The Morgan fingerprint density at radius 3 is 2.75 bits per heavy atom. The maximum absolute atomic E-state index is 13.2. The Morgan fingerprint density at radius 1 is 1.56 bits per heavy atom. The summed E-state index contributed by atoms with van der Waals surface area (Å²) in [6.07, 6.45) is 0. The maximum atomic E-state index is 13.2. The highest BCUT2D eigenvalue weighted by Gasteiger charge is 2.04. The SMILES string of the molecule is COc1ccc(CNC(=O)CN)cc1F.Cl. The molecule has 0 bridgehead atoms. The number of carbonyl (C=O) groups is 1. The molecule has 0 saturated carbocycles. The van der Waals surface area contributed by atoms with Crippen molar-refractivity contribution in [2.75, 3.05) is 13.7 Å². The topological polar surface area (TPSA) is 64.3 Å². The number of hydrogen-bond acceptors (Lipinski definition) is 3. The second-order valence-corrected chi connectivity index (χ2v) is 2.95. The molecule has 0 spiro atoms. The van der Waals surface area contributed by atoms with Gasteiger partial charge in [-0.15, -0.1) is 12.4 Å². The zero-order chi connectivity index (χ0) is 11.3. The van der Waals surface area contributed by atoms with Gasteiger partial charge in [-0.1, -0.05) is 6.07 Å². The third-order valence-electron chi connectivity index (χ3n) is 1.89. The Labute approximate surface area is 99.4 Å². The van der Waals surface area contributed by atoms with Gasteiger partial charge >= 0.3 is 0 Å². The Kier molecular flexibility index (Phi) is 6.44. The van der Waals surface area contributed by atoms with Gasteiger partial charge in [-0.25, -0.2) is 4.39 Å². The Hall–Kier alpha value is -1.33. The molecule has 0 aliphatic rings. The van der Waals surface area contributed by atoms with Crippen LogP contribution in [0.15, 0.2) is 18.2 Å². The summed E-state index contributed by atoms with van der Waals surface area (Å²) in [5.41, 5.74) is 5.77. The highest BCUT2D eigenvalue weighted by molar-refractivity contribution is 5.85. The monoisotopic (exact) mass is 248 g/mol. The van der Waals surface area contributed by atoms with Gasteiger partial charge in [-0.3, -0.25) is 4.79 Å². The third kappa shape index (κ3) is 4.04. The molecule has 1 rings (SSSR count). The van der Waals surface area contributed by atoms with E-state index in [2.05, 4.69) is 5.32 Å². The van der Waals surface area contributed by atoms with E-state index in [1.54, 1.807) is 6.07 Å². The zero-order valence-electron chi connectivity index (χ0n) is 8.83. The van der Waals surface area contributed by atoms with E-state index in [9.17, 15) is 9.18 Å². The van der Waals surface area contributed by atoms with Gasteiger partial charge < -0.3 is 15.8 Å². The Balaban J connectivity index is 0.00000225. The van der Waals surface area contributed by atoms with Crippen LogP contribution in [0.5, 0.6) is 5.75 Å². The zero-order valence-corrected chi connectivity index (χ0v) is 9.64. The number of benzene rings is 1. The molecule has 0 radical (unpaired) electrons. The summed E-state index contributed by atoms with van der Waals surface area (Å²) in [6.45, 7) is 0.190. The lowest BCUT2D eigenvalue weighted by atomic mass is 10.2. The van der Waals surface area contributed by atoms with Crippen LogP contribution in [-0.4, -0.2) is 19.6 Å². The molecule has 0 fully saturated rings. The minimum Gasteiger partial charge on any atom is -0.494 e. The van der Waals surface area contributed by atoms with Gasteiger partial charge in [0.15, 0.2) is 11.6 Å². The molecule has 1 aromatic carbocycles. The van der Waals surface area contributed by atoms with Crippen LogP contribution in [0.3, 0.4) is 0 Å². The Morgan fingerprint density at radius 2 is 2.25 bits per heavy atom. The highest BCUT2D eigenvalue weighted by atomic mass is 35.5. The van der Waals surface area contributed by atoms with E-state index in [0.29, 0.717) is 5.56 Å². The van der Waals surface area contributed by atoms with Crippen molar-refractivity contribution in [3.8, 4) is 5.75 Å². The number of halogens is 2. The van der Waals surface area contributed by atoms with Crippen LogP contribution in [-0.2, 0) is 11.3 Å². The number of amides is 1. The van der Waals surface area contributed by atoms with Crippen molar-refractivity contribution in [2.24, 2.45) is 5.73 Å². The van der Waals surface area contributed by atoms with Crippen molar-refractivity contribution >= 4 is 18.3 Å².